The zero-order valence-electron chi connectivity index (χ0n) is 14.6. The van der Waals surface area contributed by atoms with Gasteiger partial charge in [-0.1, -0.05) is 25.8 Å². The molecule has 0 saturated carbocycles. The first-order valence-electron chi connectivity index (χ1n) is 8.24. The molecule has 0 fully saturated rings. The number of halogens is 2. The molecule has 0 saturated heterocycles. The molecule has 0 aromatic heterocycles. The number of methoxy groups -OCH3 is 1. The van der Waals surface area contributed by atoms with Crippen molar-refractivity contribution in [2.45, 2.75) is 46.3 Å². The van der Waals surface area contributed by atoms with Gasteiger partial charge in [-0.2, -0.15) is 8.78 Å². The first kappa shape index (κ1) is 20.0. The molecular weight excluding hydrogens is 316 g/mol. The summed E-state index contributed by atoms with van der Waals surface area (Å²) >= 11 is 0. The van der Waals surface area contributed by atoms with Crippen molar-refractivity contribution in [3.8, 4) is 11.5 Å². The molecule has 0 spiro atoms. The molecule has 0 bridgehead atoms. The Morgan fingerprint density at radius 1 is 1.17 bits per heavy atom. The standard InChI is InChI=1S/C17H27F2N3O2/c1-4-6-7-10-21-17(20-5-2)22-12-13-8-9-14(23-3)15(11-13)24-16(18)19/h8-9,11,16H,4-7,10,12H2,1-3H3,(H2,20,21,22). The van der Waals surface area contributed by atoms with Gasteiger partial charge in [-0.3, -0.25) is 0 Å². The fourth-order valence-electron chi connectivity index (χ4n) is 2.10. The summed E-state index contributed by atoms with van der Waals surface area (Å²) in [4.78, 5) is 4.47. The van der Waals surface area contributed by atoms with Crippen LogP contribution in [0.4, 0.5) is 8.78 Å². The molecule has 2 N–H and O–H groups in total. The molecule has 1 aromatic carbocycles. The van der Waals surface area contributed by atoms with Crippen LogP contribution in [0.15, 0.2) is 23.2 Å². The third-order valence-electron chi connectivity index (χ3n) is 3.28. The highest BCUT2D eigenvalue weighted by Gasteiger charge is 2.11. The van der Waals surface area contributed by atoms with Gasteiger partial charge in [-0.25, -0.2) is 4.99 Å². The van der Waals surface area contributed by atoms with E-state index in [2.05, 4.69) is 27.3 Å². The molecule has 0 amide bonds. The average molecular weight is 343 g/mol. The molecule has 0 aliphatic rings. The van der Waals surface area contributed by atoms with Gasteiger partial charge in [0.15, 0.2) is 17.5 Å². The predicted octanol–water partition coefficient (Wildman–Crippen LogP) is 3.54. The monoisotopic (exact) mass is 343 g/mol. The highest BCUT2D eigenvalue weighted by Crippen LogP contribution is 2.29. The molecule has 136 valence electrons. The van der Waals surface area contributed by atoms with Crippen molar-refractivity contribution in [1.82, 2.24) is 10.6 Å². The van der Waals surface area contributed by atoms with Crippen LogP contribution < -0.4 is 20.1 Å². The maximum atomic E-state index is 12.5. The Hall–Kier alpha value is -2.05. The van der Waals surface area contributed by atoms with Crippen molar-refractivity contribution in [2.24, 2.45) is 4.99 Å². The van der Waals surface area contributed by atoms with Crippen LogP contribution in [0.25, 0.3) is 0 Å². The Kier molecular flexibility index (Phi) is 9.56. The quantitative estimate of drug-likeness (QED) is 0.388. The molecule has 1 rings (SSSR count). The fraction of sp³-hybridized carbons (Fsp3) is 0.588. The van der Waals surface area contributed by atoms with Crippen LogP contribution in [0.3, 0.4) is 0 Å². The molecule has 24 heavy (non-hydrogen) atoms. The van der Waals surface area contributed by atoms with E-state index in [0.29, 0.717) is 12.5 Å². The number of guanidine groups is 1. The Bertz CT molecular complexity index is 511. The van der Waals surface area contributed by atoms with Crippen LogP contribution in [-0.4, -0.2) is 32.8 Å². The SMILES string of the molecule is CCCCCNC(=NCc1ccc(OC)c(OC(F)F)c1)NCC. The minimum atomic E-state index is -2.89. The number of hydrogen-bond acceptors (Lipinski definition) is 3. The van der Waals surface area contributed by atoms with Crippen molar-refractivity contribution >= 4 is 5.96 Å². The second kappa shape index (κ2) is 11.5. The maximum absolute atomic E-state index is 12.5. The van der Waals surface area contributed by atoms with Gasteiger partial charge in [-0.05, 0) is 31.0 Å². The van der Waals surface area contributed by atoms with Crippen molar-refractivity contribution in [3.05, 3.63) is 23.8 Å². The second-order valence-electron chi connectivity index (χ2n) is 5.19. The lowest BCUT2D eigenvalue weighted by Crippen LogP contribution is -2.37. The van der Waals surface area contributed by atoms with Crippen molar-refractivity contribution < 1.29 is 18.3 Å². The van der Waals surface area contributed by atoms with E-state index in [9.17, 15) is 8.78 Å². The lowest BCUT2D eigenvalue weighted by molar-refractivity contribution is -0.0512. The summed E-state index contributed by atoms with van der Waals surface area (Å²) in [5.41, 5.74) is 0.761. The van der Waals surface area contributed by atoms with E-state index in [1.807, 2.05) is 6.92 Å². The molecule has 0 radical (unpaired) electrons. The first-order chi connectivity index (χ1) is 11.6. The van der Waals surface area contributed by atoms with Gasteiger partial charge in [0.25, 0.3) is 0 Å². The molecule has 0 atom stereocenters. The summed E-state index contributed by atoms with van der Waals surface area (Å²) < 4.78 is 34.4. The van der Waals surface area contributed by atoms with E-state index < -0.39 is 6.61 Å². The zero-order chi connectivity index (χ0) is 17.8. The molecule has 0 unspecified atom stereocenters. The van der Waals surface area contributed by atoms with Crippen LogP contribution in [0.2, 0.25) is 0 Å². The number of nitrogens with zero attached hydrogens (tertiary/aromatic N) is 1. The summed E-state index contributed by atoms with van der Waals surface area (Å²) in [7, 11) is 1.41. The van der Waals surface area contributed by atoms with Crippen LogP contribution in [0.1, 0.15) is 38.7 Å². The fourth-order valence-corrected chi connectivity index (χ4v) is 2.10. The summed E-state index contributed by atoms with van der Waals surface area (Å²) in [6.07, 6.45) is 3.41. The lowest BCUT2D eigenvalue weighted by atomic mass is 10.2. The van der Waals surface area contributed by atoms with E-state index in [1.54, 1.807) is 12.1 Å². The largest absolute Gasteiger partial charge is 0.493 e. The van der Waals surface area contributed by atoms with Crippen LogP contribution in [0.5, 0.6) is 11.5 Å². The molecule has 5 nitrogen and oxygen atoms in total. The average Bonchev–Trinajstić information content (AvgIpc) is 2.56. The summed E-state index contributed by atoms with van der Waals surface area (Å²) in [6.45, 7) is 3.21. The van der Waals surface area contributed by atoms with Gasteiger partial charge in [0.1, 0.15) is 0 Å². The number of unbranched alkanes of at least 4 members (excludes halogenated alkanes) is 2. The van der Waals surface area contributed by atoms with Crippen molar-refractivity contribution in [2.75, 3.05) is 20.2 Å². The highest BCUT2D eigenvalue weighted by molar-refractivity contribution is 5.79. The molecule has 0 heterocycles. The van der Waals surface area contributed by atoms with Crippen molar-refractivity contribution in [3.63, 3.8) is 0 Å². The van der Waals surface area contributed by atoms with Gasteiger partial charge in [-0.15, -0.1) is 0 Å². The van der Waals surface area contributed by atoms with E-state index in [0.717, 1.165) is 31.5 Å². The predicted molar refractivity (Wildman–Crippen MR) is 92.0 cm³/mol. The van der Waals surface area contributed by atoms with E-state index in [4.69, 9.17) is 4.74 Å². The van der Waals surface area contributed by atoms with Gasteiger partial charge < -0.3 is 20.1 Å². The summed E-state index contributed by atoms with van der Waals surface area (Å²) in [5, 5.41) is 6.42. The van der Waals surface area contributed by atoms with E-state index in [-0.39, 0.29) is 11.5 Å². The van der Waals surface area contributed by atoms with Gasteiger partial charge in [0.2, 0.25) is 0 Å². The number of rotatable bonds is 10. The number of nitrogens with one attached hydrogen (secondary N) is 2. The number of ether oxygens (including phenoxy) is 2. The smallest absolute Gasteiger partial charge is 0.387 e. The summed E-state index contributed by atoms with van der Waals surface area (Å²) in [5.74, 6) is 0.995. The molecule has 0 aliphatic carbocycles. The second-order valence-corrected chi connectivity index (χ2v) is 5.19. The topological polar surface area (TPSA) is 54.9 Å². The Morgan fingerprint density at radius 2 is 1.96 bits per heavy atom. The van der Waals surface area contributed by atoms with Crippen LogP contribution >= 0.6 is 0 Å². The Labute approximate surface area is 142 Å². The van der Waals surface area contributed by atoms with E-state index in [1.165, 1.54) is 19.6 Å². The normalized spacial score (nSPS) is 11.5. The molecule has 1 aromatic rings. The first-order valence-corrected chi connectivity index (χ1v) is 8.24. The van der Waals surface area contributed by atoms with Gasteiger partial charge >= 0.3 is 6.61 Å². The lowest BCUT2D eigenvalue weighted by Gasteiger charge is -2.12. The molecule has 7 heteroatoms. The molecule has 0 aliphatic heterocycles. The number of aliphatic imine (C=N–C) groups is 1. The van der Waals surface area contributed by atoms with Crippen LogP contribution in [-0.2, 0) is 6.54 Å². The Morgan fingerprint density at radius 3 is 2.58 bits per heavy atom. The molecular formula is C17H27F2N3O2. The zero-order valence-corrected chi connectivity index (χ0v) is 14.6. The van der Waals surface area contributed by atoms with Crippen molar-refractivity contribution in [1.29, 1.82) is 0 Å². The third kappa shape index (κ3) is 7.48. The number of hydrogen-bond donors (Lipinski definition) is 2. The van der Waals surface area contributed by atoms with E-state index >= 15 is 0 Å². The number of benzene rings is 1. The maximum Gasteiger partial charge on any atom is 0.387 e. The highest BCUT2D eigenvalue weighted by atomic mass is 19.3. The van der Waals surface area contributed by atoms with Gasteiger partial charge in [0, 0.05) is 13.1 Å². The minimum absolute atomic E-state index is 0.0149. The Balaban J connectivity index is 2.73. The minimum Gasteiger partial charge on any atom is -0.493 e. The number of alkyl halides is 2. The van der Waals surface area contributed by atoms with Gasteiger partial charge in [0.05, 0.1) is 13.7 Å². The third-order valence-corrected chi connectivity index (χ3v) is 3.28. The summed E-state index contributed by atoms with van der Waals surface area (Å²) in [6, 6.07) is 4.90. The van der Waals surface area contributed by atoms with Crippen LogP contribution in [0, 0.1) is 0 Å².